The number of likely N-dealkylation sites (tertiary alicyclic amines) is 2. The number of amides is 2. The molecule has 0 spiro atoms. The lowest BCUT2D eigenvalue weighted by molar-refractivity contribution is -0.136. The second-order valence-electron chi connectivity index (χ2n) is 8.13. The Balaban J connectivity index is 1.59. The molecule has 1 aromatic carbocycles. The van der Waals surface area contributed by atoms with Crippen molar-refractivity contribution in [2.75, 3.05) is 19.6 Å². The van der Waals surface area contributed by atoms with E-state index in [0.29, 0.717) is 25.7 Å². The van der Waals surface area contributed by atoms with Crippen LogP contribution < -0.4 is 5.73 Å². The highest BCUT2D eigenvalue weighted by Crippen LogP contribution is 2.32. The summed E-state index contributed by atoms with van der Waals surface area (Å²) in [6.07, 6.45) is 0.764. The lowest BCUT2D eigenvalue weighted by Crippen LogP contribution is -2.43. The zero-order valence-corrected chi connectivity index (χ0v) is 16.1. The number of hydrogen-bond acceptors (Lipinski definition) is 3. The smallest absolute Gasteiger partial charge is 0.225 e. The van der Waals surface area contributed by atoms with E-state index in [4.69, 9.17) is 5.73 Å². The number of carbonyl (C=O) groups is 2. The molecule has 0 radical (unpaired) electrons. The topological polar surface area (TPSA) is 66.6 Å². The number of nitrogens with two attached hydrogens (primary N) is 1. The monoisotopic (exact) mass is 397 g/mol. The number of benzene rings is 1. The predicted octanol–water partition coefficient (Wildman–Crippen LogP) is 2.08. The van der Waals surface area contributed by atoms with Crippen LogP contribution in [0.15, 0.2) is 12.1 Å². The number of fused-ring (bicyclic) bond motifs is 1. The summed E-state index contributed by atoms with van der Waals surface area (Å²) in [6, 6.07) is 0.555. The first-order valence-electron chi connectivity index (χ1n) is 9.64. The van der Waals surface area contributed by atoms with Crippen molar-refractivity contribution in [1.29, 1.82) is 0 Å². The van der Waals surface area contributed by atoms with E-state index < -0.39 is 23.5 Å². The van der Waals surface area contributed by atoms with Crippen LogP contribution >= 0.6 is 0 Å². The van der Waals surface area contributed by atoms with E-state index in [1.54, 1.807) is 4.90 Å². The summed E-state index contributed by atoms with van der Waals surface area (Å²) in [5, 5.41) is 0. The molecule has 2 fully saturated rings. The fourth-order valence-corrected chi connectivity index (χ4v) is 4.23. The SMILES string of the molecule is CC(C)C(=O)N1C[C@@H]2CCN(C(=O)CC(N)Cc3cc(F)c(F)cc3F)[C@@H]2C1. The van der Waals surface area contributed by atoms with Crippen molar-refractivity contribution in [2.45, 2.75) is 45.2 Å². The fraction of sp³-hybridized carbons (Fsp3) is 0.600. The molecule has 2 saturated heterocycles. The molecular weight excluding hydrogens is 371 g/mol. The minimum atomic E-state index is -1.25. The molecule has 3 atom stereocenters. The van der Waals surface area contributed by atoms with Crippen LogP contribution in [0, 0.1) is 29.3 Å². The van der Waals surface area contributed by atoms with E-state index in [-0.39, 0.29) is 48.1 Å². The van der Waals surface area contributed by atoms with Crippen LogP contribution in [0.3, 0.4) is 0 Å². The van der Waals surface area contributed by atoms with Gasteiger partial charge < -0.3 is 15.5 Å². The summed E-state index contributed by atoms with van der Waals surface area (Å²) < 4.78 is 40.2. The molecule has 2 heterocycles. The van der Waals surface area contributed by atoms with Gasteiger partial charge >= 0.3 is 0 Å². The van der Waals surface area contributed by atoms with Crippen molar-refractivity contribution in [3.8, 4) is 0 Å². The van der Waals surface area contributed by atoms with Crippen molar-refractivity contribution in [1.82, 2.24) is 9.80 Å². The lowest BCUT2D eigenvalue weighted by atomic mass is 10.0. The fourth-order valence-electron chi connectivity index (χ4n) is 4.23. The molecule has 5 nitrogen and oxygen atoms in total. The van der Waals surface area contributed by atoms with Gasteiger partial charge in [0.1, 0.15) is 5.82 Å². The van der Waals surface area contributed by atoms with E-state index in [0.717, 1.165) is 12.5 Å². The molecule has 28 heavy (non-hydrogen) atoms. The first-order valence-corrected chi connectivity index (χ1v) is 9.64. The zero-order valence-electron chi connectivity index (χ0n) is 16.1. The third-order valence-corrected chi connectivity index (χ3v) is 5.68. The van der Waals surface area contributed by atoms with Gasteiger partial charge in [-0.1, -0.05) is 13.8 Å². The van der Waals surface area contributed by atoms with E-state index in [2.05, 4.69) is 0 Å². The third kappa shape index (κ3) is 4.16. The van der Waals surface area contributed by atoms with Gasteiger partial charge in [-0.15, -0.1) is 0 Å². The highest BCUT2D eigenvalue weighted by Gasteiger charge is 2.44. The molecule has 1 unspecified atom stereocenters. The molecule has 2 aliphatic heterocycles. The van der Waals surface area contributed by atoms with Crippen molar-refractivity contribution in [2.24, 2.45) is 17.6 Å². The highest BCUT2D eigenvalue weighted by atomic mass is 19.2. The van der Waals surface area contributed by atoms with Gasteiger partial charge in [-0.25, -0.2) is 13.2 Å². The van der Waals surface area contributed by atoms with Gasteiger partial charge in [0.25, 0.3) is 0 Å². The average molecular weight is 397 g/mol. The van der Waals surface area contributed by atoms with E-state index in [1.165, 1.54) is 0 Å². The molecule has 154 valence electrons. The van der Waals surface area contributed by atoms with E-state index in [1.807, 2.05) is 18.7 Å². The maximum atomic E-state index is 13.8. The van der Waals surface area contributed by atoms with Crippen LogP contribution in [-0.2, 0) is 16.0 Å². The van der Waals surface area contributed by atoms with E-state index >= 15 is 0 Å². The van der Waals surface area contributed by atoms with Gasteiger partial charge in [0, 0.05) is 50.0 Å². The molecule has 3 rings (SSSR count). The molecule has 0 saturated carbocycles. The third-order valence-electron chi connectivity index (χ3n) is 5.68. The Morgan fingerprint density at radius 3 is 2.50 bits per heavy atom. The van der Waals surface area contributed by atoms with Crippen molar-refractivity contribution in [3.05, 3.63) is 35.1 Å². The van der Waals surface area contributed by atoms with Gasteiger partial charge in [-0.05, 0) is 24.5 Å². The van der Waals surface area contributed by atoms with Crippen LogP contribution in [0.2, 0.25) is 0 Å². The summed E-state index contributed by atoms with van der Waals surface area (Å²) in [6.45, 7) is 5.52. The van der Waals surface area contributed by atoms with E-state index in [9.17, 15) is 22.8 Å². The molecule has 0 bridgehead atoms. The normalized spacial score (nSPS) is 22.7. The van der Waals surface area contributed by atoms with Gasteiger partial charge in [0.15, 0.2) is 11.6 Å². The number of rotatable bonds is 5. The summed E-state index contributed by atoms with van der Waals surface area (Å²) in [5.74, 6) is -3.14. The Bertz CT molecular complexity index is 771. The molecular formula is C20H26F3N3O2. The average Bonchev–Trinajstić information content (AvgIpc) is 3.19. The summed E-state index contributed by atoms with van der Waals surface area (Å²) >= 11 is 0. The zero-order chi connectivity index (χ0) is 20.6. The molecule has 2 aliphatic rings. The first-order chi connectivity index (χ1) is 13.2. The summed E-state index contributed by atoms with van der Waals surface area (Å²) in [5.41, 5.74) is 5.94. The summed E-state index contributed by atoms with van der Waals surface area (Å²) in [7, 11) is 0. The Kier molecular flexibility index (Phi) is 5.98. The van der Waals surface area contributed by atoms with Crippen molar-refractivity contribution in [3.63, 3.8) is 0 Å². The number of hydrogen-bond donors (Lipinski definition) is 1. The largest absolute Gasteiger partial charge is 0.340 e. The molecule has 8 heteroatoms. The Hall–Kier alpha value is -2.09. The predicted molar refractivity (Wildman–Crippen MR) is 97.6 cm³/mol. The lowest BCUT2D eigenvalue weighted by Gasteiger charge is -2.26. The number of halogens is 3. The molecule has 0 aromatic heterocycles. The Morgan fingerprint density at radius 2 is 1.82 bits per heavy atom. The van der Waals surface area contributed by atoms with Crippen LogP contribution in [0.5, 0.6) is 0 Å². The molecule has 1 aromatic rings. The second kappa shape index (κ2) is 8.11. The van der Waals surface area contributed by atoms with Crippen molar-refractivity contribution >= 4 is 11.8 Å². The molecule has 2 amide bonds. The first kappa shape index (κ1) is 20.6. The van der Waals surface area contributed by atoms with Crippen molar-refractivity contribution < 1.29 is 22.8 Å². The van der Waals surface area contributed by atoms with Gasteiger partial charge in [-0.3, -0.25) is 9.59 Å². The maximum Gasteiger partial charge on any atom is 0.225 e. The van der Waals surface area contributed by atoms with Crippen LogP contribution in [0.1, 0.15) is 32.3 Å². The maximum absolute atomic E-state index is 13.8. The van der Waals surface area contributed by atoms with Gasteiger partial charge in [0.2, 0.25) is 11.8 Å². The Labute approximate surface area is 162 Å². The van der Waals surface area contributed by atoms with Gasteiger partial charge in [0.05, 0.1) is 6.04 Å². The summed E-state index contributed by atoms with van der Waals surface area (Å²) in [4.78, 5) is 28.5. The van der Waals surface area contributed by atoms with Gasteiger partial charge in [-0.2, -0.15) is 0 Å². The quantitative estimate of drug-likeness (QED) is 0.774. The van der Waals surface area contributed by atoms with Crippen LogP contribution in [0.4, 0.5) is 13.2 Å². The van der Waals surface area contributed by atoms with Crippen LogP contribution in [-0.4, -0.2) is 53.3 Å². The minimum absolute atomic E-state index is 0.0117. The second-order valence-corrected chi connectivity index (χ2v) is 8.13. The van der Waals surface area contributed by atoms with Crippen LogP contribution in [0.25, 0.3) is 0 Å². The minimum Gasteiger partial charge on any atom is -0.340 e. The number of nitrogens with zero attached hydrogens (tertiary/aromatic N) is 2. The highest BCUT2D eigenvalue weighted by molar-refractivity contribution is 5.80. The molecule has 0 aliphatic carbocycles. The standard InChI is InChI=1S/C20H26F3N3O2/c1-11(2)20(28)25-9-12-3-4-26(18(12)10-25)19(27)7-14(24)5-13-6-16(22)17(23)8-15(13)21/h6,8,11-12,14,18H,3-5,7,9-10,24H2,1-2H3/t12-,14?,18+/m0/s1. The Morgan fingerprint density at radius 1 is 1.14 bits per heavy atom. The molecule has 2 N–H and O–H groups in total. The number of carbonyl (C=O) groups excluding carboxylic acids is 2.